The van der Waals surface area contributed by atoms with Gasteiger partial charge in [0.15, 0.2) is 5.65 Å². The van der Waals surface area contributed by atoms with Crippen LogP contribution < -0.4 is 11.5 Å². The van der Waals surface area contributed by atoms with Gasteiger partial charge >= 0.3 is 0 Å². The van der Waals surface area contributed by atoms with Crippen LogP contribution in [0, 0.1) is 0 Å². The van der Waals surface area contributed by atoms with Crippen LogP contribution in [0.2, 0.25) is 5.28 Å². The lowest BCUT2D eigenvalue weighted by Gasteiger charge is -2.03. The Bertz CT molecular complexity index is 556. The minimum Gasteiger partial charge on any atom is -0.383 e. The maximum absolute atomic E-state index is 11.1. The molecule has 4 N–H and O–H groups in total. The van der Waals surface area contributed by atoms with Crippen molar-refractivity contribution in [2.45, 2.75) is 0 Å². The summed E-state index contributed by atoms with van der Waals surface area (Å²) in [6.07, 6.45) is 1.41. The molecule has 0 atom stereocenters. The second kappa shape index (κ2) is 3.32. The van der Waals surface area contributed by atoms with Crippen LogP contribution in [0.1, 0.15) is 10.4 Å². The van der Waals surface area contributed by atoms with E-state index in [1.165, 1.54) is 12.3 Å². The highest BCUT2D eigenvalue weighted by atomic mass is 35.5. The van der Waals surface area contributed by atoms with Gasteiger partial charge in [0.2, 0.25) is 11.2 Å². The molecule has 6 nitrogen and oxygen atoms in total. The summed E-state index contributed by atoms with van der Waals surface area (Å²) in [5, 5.41) is 0.309. The number of halogens is 1. The molecule has 76 valence electrons. The maximum Gasteiger partial charge on any atom is 0.249 e. The first kappa shape index (κ1) is 9.60. The molecule has 1 amide bonds. The molecule has 2 rings (SSSR count). The third kappa shape index (κ3) is 1.55. The molecule has 0 unspecified atom stereocenters. The second-order valence-electron chi connectivity index (χ2n) is 2.80. The standard InChI is InChI=1S/C8H6ClN5O/c9-8-13-5(10)4-3(6(11)15)1-2-12-7(4)14-8/h1-2H,(H2,11,15)(H2,10,12,13,14). The van der Waals surface area contributed by atoms with E-state index >= 15 is 0 Å². The summed E-state index contributed by atoms with van der Waals surface area (Å²) >= 11 is 5.60. The lowest BCUT2D eigenvalue weighted by Crippen LogP contribution is -2.13. The third-order valence-corrected chi connectivity index (χ3v) is 2.03. The van der Waals surface area contributed by atoms with Crippen LogP contribution in [-0.4, -0.2) is 20.9 Å². The van der Waals surface area contributed by atoms with Gasteiger partial charge in [0.1, 0.15) is 5.82 Å². The number of carbonyl (C=O) groups is 1. The molecular formula is C8H6ClN5O. The Balaban J connectivity index is 2.91. The normalized spacial score (nSPS) is 10.5. The van der Waals surface area contributed by atoms with E-state index in [2.05, 4.69) is 15.0 Å². The van der Waals surface area contributed by atoms with Crippen molar-refractivity contribution < 1.29 is 4.79 Å². The van der Waals surface area contributed by atoms with Crippen LogP contribution in [0.25, 0.3) is 11.0 Å². The topological polar surface area (TPSA) is 108 Å². The number of nitrogens with two attached hydrogens (primary N) is 2. The number of pyridine rings is 1. The number of anilines is 1. The number of nitrogen functional groups attached to an aromatic ring is 1. The first-order chi connectivity index (χ1) is 7.09. The maximum atomic E-state index is 11.1. The van der Waals surface area contributed by atoms with Gasteiger partial charge in [-0.05, 0) is 17.7 Å². The van der Waals surface area contributed by atoms with Gasteiger partial charge in [0, 0.05) is 6.20 Å². The highest BCUT2D eigenvalue weighted by Crippen LogP contribution is 2.21. The number of hydrogen-bond donors (Lipinski definition) is 2. The second-order valence-corrected chi connectivity index (χ2v) is 3.14. The summed E-state index contributed by atoms with van der Waals surface area (Å²) in [5.41, 5.74) is 11.3. The van der Waals surface area contributed by atoms with Gasteiger partial charge in [-0.2, -0.15) is 4.98 Å². The quantitative estimate of drug-likeness (QED) is 0.679. The first-order valence-corrected chi connectivity index (χ1v) is 4.35. The van der Waals surface area contributed by atoms with Crippen LogP contribution in [0.4, 0.5) is 5.82 Å². The molecule has 0 saturated carbocycles. The molecule has 2 aromatic rings. The minimum absolute atomic E-state index is 0.0193. The zero-order chi connectivity index (χ0) is 11.0. The van der Waals surface area contributed by atoms with Crippen LogP contribution in [0.5, 0.6) is 0 Å². The molecule has 0 aliphatic heterocycles. The largest absolute Gasteiger partial charge is 0.383 e. The van der Waals surface area contributed by atoms with Gasteiger partial charge in [-0.3, -0.25) is 4.79 Å². The molecule has 2 heterocycles. The van der Waals surface area contributed by atoms with Crippen molar-refractivity contribution in [1.29, 1.82) is 0 Å². The molecule has 0 bridgehead atoms. The summed E-state index contributed by atoms with van der Waals surface area (Å²) in [6.45, 7) is 0. The van der Waals surface area contributed by atoms with E-state index in [0.717, 1.165) is 0 Å². The average molecular weight is 224 g/mol. The fourth-order valence-electron chi connectivity index (χ4n) is 1.26. The lowest BCUT2D eigenvalue weighted by atomic mass is 10.1. The Morgan fingerprint density at radius 1 is 1.40 bits per heavy atom. The van der Waals surface area contributed by atoms with E-state index in [-0.39, 0.29) is 22.3 Å². The average Bonchev–Trinajstić information content (AvgIpc) is 2.16. The van der Waals surface area contributed by atoms with E-state index in [4.69, 9.17) is 23.1 Å². The summed E-state index contributed by atoms with van der Waals surface area (Å²) in [5.74, 6) is -0.521. The van der Waals surface area contributed by atoms with Crippen LogP contribution in [0.15, 0.2) is 12.3 Å². The number of nitrogens with zero attached hydrogens (tertiary/aromatic N) is 3. The molecule has 0 aliphatic carbocycles. The highest BCUT2D eigenvalue weighted by Gasteiger charge is 2.12. The molecule has 0 radical (unpaired) electrons. The Morgan fingerprint density at radius 2 is 2.13 bits per heavy atom. The molecule has 0 aliphatic rings. The van der Waals surface area contributed by atoms with E-state index in [9.17, 15) is 4.79 Å². The SMILES string of the molecule is NC(=O)c1ccnc2nc(Cl)nc(N)c12. The molecule has 15 heavy (non-hydrogen) atoms. The number of amides is 1. The van der Waals surface area contributed by atoms with Crippen LogP contribution >= 0.6 is 11.6 Å². The smallest absolute Gasteiger partial charge is 0.249 e. The van der Waals surface area contributed by atoms with Crippen molar-refractivity contribution in [3.8, 4) is 0 Å². The van der Waals surface area contributed by atoms with Gasteiger partial charge in [0.05, 0.1) is 10.9 Å². The van der Waals surface area contributed by atoms with Gasteiger partial charge in [-0.25, -0.2) is 9.97 Å². The molecule has 0 fully saturated rings. The monoisotopic (exact) mass is 223 g/mol. The lowest BCUT2D eigenvalue weighted by molar-refractivity contribution is 0.100. The Hall–Kier alpha value is -1.95. The first-order valence-electron chi connectivity index (χ1n) is 3.97. The van der Waals surface area contributed by atoms with Crippen LogP contribution in [0.3, 0.4) is 0 Å². The summed E-state index contributed by atoms with van der Waals surface area (Å²) in [6, 6.07) is 1.46. The van der Waals surface area contributed by atoms with Crippen LogP contribution in [-0.2, 0) is 0 Å². The van der Waals surface area contributed by atoms with Gasteiger partial charge in [-0.1, -0.05) is 0 Å². The Kier molecular flexibility index (Phi) is 2.12. The van der Waals surface area contributed by atoms with Gasteiger partial charge < -0.3 is 11.5 Å². The zero-order valence-corrected chi connectivity index (χ0v) is 8.19. The van der Waals surface area contributed by atoms with Crippen molar-refractivity contribution in [3.63, 3.8) is 0 Å². The number of primary amides is 1. The fourth-order valence-corrected chi connectivity index (χ4v) is 1.43. The van der Waals surface area contributed by atoms with Crippen molar-refractivity contribution in [3.05, 3.63) is 23.1 Å². The van der Waals surface area contributed by atoms with Crippen molar-refractivity contribution in [1.82, 2.24) is 15.0 Å². The Labute approximate surface area is 89.3 Å². The highest BCUT2D eigenvalue weighted by molar-refractivity contribution is 6.29. The summed E-state index contributed by atoms with van der Waals surface area (Å²) in [4.78, 5) is 22.6. The van der Waals surface area contributed by atoms with Crippen molar-refractivity contribution in [2.75, 3.05) is 5.73 Å². The summed E-state index contributed by atoms with van der Waals surface area (Å²) in [7, 11) is 0. The van der Waals surface area contributed by atoms with Gasteiger partial charge in [-0.15, -0.1) is 0 Å². The van der Waals surface area contributed by atoms with Gasteiger partial charge in [0.25, 0.3) is 0 Å². The van der Waals surface area contributed by atoms with E-state index in [1.54, 1.807) is 0 Å². The minimum atomic E-state index is -0.611. The predicted molar refractivity (Wildman–Crippen MR) is 55.3 cm³/mol. The number of fused-ring (bicyclic) bond motifs is 1. The van der Waals surface area contributed by atoms with E-state index < -0.39 is 5.91 Å². The molecular weight excluding hydrogens is 218 g/mol. The van der Waals surface area contributed by atoms with Crippen molar-refractivity contribution in [2.24, 2.45) is 5.73 Å². The zero-order valence-electron chi connectivity index (χ0n) is 7.44. The third-order valence-electron chi connectivity index (χ3n) is 1.86. The molecule has 2 aromatic heterocycles. The van der Waals surface area contributed by atoms with E-state index in [1.807, 2.05) is 0 Å². The predicted octanol–water partition coefficient (Wildman–Crippen LogP) is 0.359. The Morgan fingerprint density at radius 3 is 2.80 bits per heavy atom. The number of hydrogen-bond acceptors (Lipinski definition) is 5. The molecule has 0 saturated heterocycles. The number of aromatic nitrogens is 3. The fraction of sp³-hybridized carbons (Fsp3) is 0. The van der Waals surface area contributed by atoms with Crippen molar-refractivity contribution >= 4 is 34.4 Å². The molecule has 0 spiro atoms. The summed E-state index contributed by atoms with van der Waals surface area (Å²) < 4.78 is 0. The number of rotatable bonds is 1. The molecule has 0 aromatic carbocycles. The number of carbonyl (C=O) groups excluding carboxylic acids is 1. The van der Waals surface area contributed by atoms with E-state index in [0.29, 0.717) is 5.39 Å². The molecule has 7 heteroatoms.